The van der Waals surface area contributed by atoms with Crippen molar-refractivity contribution in [1.82, 2.24) is 0 Å². The summed E-state index contributed by atoms with van der Waals surface area (Å²) in [4.78, 5) is 10.1. The van der Waals surface area contributed by atoms with Crippen molar-refractivity contribution in [3.63, 3.8) is 0 Å². The molecule has 1 aliphatic carbocycles. The summed E-state index contributed by atoms with van der Waals surface area (Å²) in [5, 5.41) is 0. The van der Waals surface area contributed by atoms with E-state index in [0.717, 1.165) is 0 Å². The van der Waals surface area contributed by atoms with Gasteiger partial charge in [0.15, 0.2) is 0 Å². The monoisotopic (exact) mass is 184 g/mol. The van der Waals surface area contributed by atoms with Crippen LogP contribution in [-0.4, -0.2) is 13.2 Å². The van der Waals surface area contributed by atoms with Crippen LogP contribution in [0.1, 0.15) is 39.5 Å². The zero-order valence-electron chi connectivity index (χ0n) is 8.88. The Hall–Kier alpha value is -0.340. The molecule has 0 fully saturated rings. The molecule has 1 atom stereocenters. The lowest BCUT2D eigenvalue weighted by Gasteiger charge is -2.24. The second kappa shape index (κ2) is 5.40. The number of hydrogen-bond donors (Lipinski definition) is 0. The first kappa shape index (κ1) is 10.7. The Morgan fingerprint density at radius 2 is 2.08 bits per heavy atom. The summed E-state index contributed by atoms with van der Waals surface area (Å²) >= 11 is 0. The predicted molar refractivity (Wildman–Crippen MR) is 53.3 cm³/mol. The quantitative estimate of drug-likeness (QED) is 0.380. The molecule has 13 heavy (non-hydrogen) atoms. The lowest BCUT2D eigenvalue weighted by Crippen LogP contribution is -2.23. The molecule has 0 spiro atoms. The summed E-state index contributed by atoms with van der Waals surface area (Å²) in [5.41, 5.74) is 1.42. The van der Waals surface area contributed by atoms with E-state index in [-0.39, 0.29) is 6.10 Å². The van der Waals surface area contributed by atoms with Gasteiger partial charge in [-0.2, -0.15) is 0 Å². The Kier molecular flexibility index (Phi) is 4.46. The van der Waals surface area contributed by atoms with E-state index in [1.807, 2.05) is 0 Å². The molecule has 1 unspecified atom stereocenters. The van der Waals surface area contributed by atoms with Crippen molar-refractivity contribution in [2.45, 2.75) is 45.6 Å². The van der Waals surface area contributed by atoms with Gasteiger partial charge in [-0.1, -0.05) is 19.9 Å². The van der Waals surface area contributed by atoms with Crippen LogP contribution in [0.4, 0.5) is 0 Å². The maximum Gasteiger partial charge on any atom is 0.116 e. The Balaban J connectivity index is 2.56. The highest BCUT2D eigenvalue weighted by molar-refractivity contribution is 5.11. The van der Waals surface area contributed by atoms with Gasteiger partial charge in [0.2, 0.25) is 0 Å². The molecule has 2 heteroatoms. The van der Waals surface area contributed by atoms with Crippen LogP contribution < -0.4 is 0 Å². The maximum atomic E-state index is 5.27. The minimum absolute atomic E-state index is 0.158. The summed E-state index contributed by atoms with van der Waals surface area (Å²) in [6.07, 6.45) is 7.46. The van der Waals surface area contributed by atoms with Crippen molar-refractivity contribution in [2.24, 2.45) is 5.92 Å². The standard InChI is InChI=1S/C11H20O2/c1-9(2)11(13-12-3)10-7-5-4-6-8-10/h7,9,11H,4-6,8H2,1-3H3. The van der Waals surface area contributed by atoms with Crippen LogP contribution >= 0.6 is 0 Å². The van der Waals surface area contributed by atoms with Crippen molar-refractivity contribution in [3.05, 3.63) is 11.6 Å². The fourth-order valence-electron chi connectivity index (χ4n) is 1.83. The van der Waals surface area contributed by atoms with Gasteiger partial charge in [-0.15, -0.1) is 0 Å². The van der Waals surface area contributed by atoms with Gasteiger partial charge in [-0.3, -0.25) is 0 Å². The smallest absolute Gasteiger partial charge is 0.116 e. The van der Waals surface area contributed by atoms with Crippen LogP contribution in [0.5, 0.6) is 0 Å². The summed E-state index contributed by atoms with van der Waals surface area (Å²) in [5.74, 6) is 0.490. The first-order valence-corrected chi connectivity index (χ1v) is 5.14. The lowest BCUT2D eigenvalue weighted by atomic mass is 9.90. The van der Waals surface area contributed by atoms with Crippen molar-refractivity contribution in [1.29, 1.82) is 0 Å². The highest BCUT2D eigenvalue weighted by Crippen LogP contribution is 2.26. The molecule has 0 bridgehead atoms. The topological polar surface area (TPSA) is 18.5 Å². The molecule has 0 N–H and O–H groups in total. The van der Waals surface area contributed by atoms with Crippen molar-refractivity contribution in [3.8, 4) is 0 Å². The van der Waals surface area contributed by atoms with Crippen LogP contribution in [0.15, 0.2) is 11.6 Å². The third kappa shape index (κ3) is 3.12. The summed E-state index contributed by atoms with van der Waals surface area (Å²) in [6, 6.07) is 0. The van der Waals surface area contributed by atoms with Crippen molar-refractivity contribution in [2.75, 3.05) is 7.11 Å². The molecule has 0 saturated carbocycles. The Morgan fingerprint density at radius 1 is 1.31 bits per heavy atom. The van der Waals surface area contributed by atoms with E-state index in [0.29, 0.717) is 5.92 Å². The summed E-state index contributed by atoms with van der Waals surface area (Å²) in [6.45, 7) is 4.33. The average molecular weight is 184 g/mol. The Morgan fingerprint density at radius 3 is 2.54 bits per heavy atom. The molecular formula is C11H20O2. The van der Waals surface area contributed by atoms with Gasteiger partial charge < -0.3 is 0 Å². The van der Waals surface area contributed by atoms with Gasteiger partial charge in [-0.05, 0) is 37.2 Å². The van der Waals surface area contributed by atoms with Gasteiger partial charge in [0.05, 0.1) is 7.11 Å². The van der Waals surface area contributed by atoms with E-state index in [4.69, 9.17) is 9.78 Å². The molecule has 1 aliphatic rings. The Bertz CT molecular complexity index is 173. The second-order valence-electron chi connectivity index (χ2n) is 3.95. The summed E-state index contributed by atoms with van der Waals surface area (Å²) < 4.78 is 0. The highest BCUT2D eigenvalue weighted by atomic mass is 17.2. The molecule has 0 aromatic heterocycles. The summed E-state index contributed by atoms with van der Waals surface area (Å²) in [7, 11) is 1.58. The SMILES string of the molecule is COOC(C1=CCCCC1)C(C)C. The zero-order chi connectivity index (χ0) is 9.68. The van der Waals surface area contributed by atoms with E-state index >= 15 is 0 Å². The first-order valence-electron chi connectivity index (χ1n) is 5.14. The molecular weight excluding hydrogens is 164 g/mol. The van der Waals surface area contributed by atoms with Crippen LogP contribution in [0.2, 0.25) is 0 Å². The lowest BCUT2D eigenvalue weighted by molar-refractivity contribution is -0.304. The minimum atomic E-state index is 0.158. The van der Waals surface area contributed by atoms with E-state index in [1.54, 1.807) is 7.11 Å². The molecule has 0 aromatic carbocycles. The van der Waals surface area contributed by atoms with E-state index < -0.39 is 0 Å². The molecule has 1 rings (SSSR count). The largest absolute Gasteiger partial charge is 0.239 e. The zero-order valence-corrected chi connectivity index (χ0v) is 8.88. The molecule has 0 heterocycles. The van der Waals surface area contributed by atoms with Crippen molar-refractivity contribution >= 4 is 0 Å². The number of allylic oxidation sites excluding steroid dienone is 1. The van der Waals surface area contributed by atoms with Crippen LogP contribution in [-0.2, 0) is 9.78 Å². The van der Waals surface area contributed by atoms with E-state index in [9.17, 15) is 0 Å². The first-order chi connectivity index (χ1) is 6.25. The van der Waals surface area contributed by atoms with E-state index in [1.165, 1.54) is 31.3 Å². The molecule has 0 radical (unpaired) electrons. The third-order valence-corrected chi connectivity index (χ3v) is 2.50. The van der Waals surface area contributed by atoms with Gasteiger partial charge in [0.25, 0.3) is 0 Å². The molecule has 0 amide bonds. The van der Waals surface area contributed by atoms with Crippen LogP contribution in [0.25, 0.3) is 0 Å². The second-order valence-corrected chi connectivity index (χ2v) is 3.95. The maximum absolute atomic E-state index is 5.27. The van der Waals surface area contributed by atoms with Gasteiger partial charge in [-0.25, -0.2) is 9.78 Å². The molecule has 2 nitrogen and oxygen atoms in total. The number of rotatable bonds is 4. The molecule has 0 saturated heterocycles. The average Bonchev–Trinajstić information content (AvgIpc) is 2.15. The third-order valence-electron chi connectivity index (χ3n) is 2.50. The molecule has 0 aromatic rings. The highest BCUT2D eigenvalue weighted by Gasteiger charge is 2.20. The van der Waals surface area contributed by atoms with Gasteiger partial charge >= 0.3 is 0 Å². The normalized spacial score (nSPS) is 20.2. The van der Waals surface area contributed by atoms with Crippen LogP contribution in [0.3, 0.4) is 0 Å². The van der Waals surface area contributed by atoms with Gasteiger partial charge in [0.1, 0.15) is 6.10 Å². The Labute approximate surface area is 80.8 Å². The van der Waals surface area contributed by atoms with E-state index in [2.05, 4.69) is 19.9 Å². The van der Waals surface area contributed by atoms with Crippen LogP contribution in [0, 0.1) is 5.92 Å². The van der Waals surface area contributed by atoms with Gasteiger partial charge in [0, 0.05) is 0 Å². The fraction of sp³-hybridized carbons (Fsp3) is 0.818. The molecule has 76 valence electrons. The predicted octanol–water partition coefficient (Wildman–Crippen LogP) is 3.09. The molecule has 0 aliphatic heterocycles. The fourth-order valence-corrected chi connectivity index (χ4v) is 1.83. The number of hydrogen-bond acceptors (Lipinski definition) is 2. The minimum Gasteiger partial charge on any atom is -0.239 e. The van der Waals surface area contributed by atoms with Crippen molar-refractivity contribution < 1.29 is 9.78 Å².